The number of carbonyl (C=O) groups excluding carboxylic acids is 1. The first kappa shape index (κ1) is 26.5. The number of aryl methyl sites for hydroxylation is 1. The summed E-state index contributed by atoms with van der Waals surface area (Å²) >= 11 is 1.38. The summed E-state index contributed by atoms with van der Waals surface area (Å²) in [6, 6.07) is 27.2. The number of anilines is 1. The molecule has 0 radical (unpaired) electrons. The van der Waals surface area contributed by atoms with Crippen molar-refractivity contribution in [3.8, 4) is 11.3 Å². The average molecular weight is 533 g/mol. The van der Waals surface area contributed by atoms with E-state index in [1.54, 1.807) is 12.1 Å². The van der Waals surface area contributed by atoms with E-state index in [2.05, 4.69) is 20.0 Å². The van der Waals surface area contributed by atoms with E-state index in [9.17, 15) is 13.2 Å². The van der Waals surface area contributed by atoms with Gasteiger partial charge in [-0.15, -0.1) is 0 Å². The zero-order chi connectivity index (χ0) is 26.3. The maximum atomic E-state index is 13.0. The number of thioether (sulfide) groups is 1. The van der Waals surface area contributed by atoms with Gasteiger partial charge in [0.05, 0.1) is 15.8 Å². The Labute approximate surface area is 221 Å². The maximum Gasteiger partial charge on any atom is 0.240 e. The van der Waals surface area contributed by atoms with Crippen molar-refractivity contribution >= 4 is 33.4 Å². The third-order valence-corrected chi connectivity index (χ3v) is 8.25. The number of aromatic nitrogens is 2. The fourth-order valence-electron chi connectivity index (χ4n) is 3.62. The van der Waals surface area contributed by atoms with Crippen LogP contribution in [0.4, 0.5) is 5.69 Å². The molecular formula is C28H28N4O3S2. The van der Waals surface area contributed by atoms with Crippen LogP contribution in [0.2, 0.25) is 0 Å². The van der Waals surface area contributed by atoms with Gasteiger partial charge in [0.25, 0.3) is 0 Å². The second-order valence-corrected chi connectivity index (χ2v) is 11.3. The molecule has 0 aliphatic heterocycles. The predicted molar refractivity (Wildman–Crippen MR) is 148 cm³/mol. The minimum Gasteiger partial charge on any atom is -0.325 e. The van der Waals surface area contributed by atoms with E-state index in [1.807, 2.05) is 80.6 Å². The fourth-order valence-corrected chi connectivity index (χ4v) is 5.63. The number of carbonyl (C=O) groups is 1. The van der Waals surface area contributed by atoms with Gasteiger partial charge >= 0.3 is 0 Å². The summed E-state index contributed by atoms with van der Waals surface area (Å²) in [5.74, 6) is 0.458. The molecule has 1 amide bonds. The standard InChI is InChI=1S/C28H28N4O3S2/c1-3-26(36-27-18-25(30-20(2)31-27)22-12-8-5-9-13-22)28(33)32-23-14-16-24(17-15-23)37(34,35)29-19-21-10-6-4-7-11-21/h4-18,26,29H,3,19H2,1-2H3,(H,32,33). The molecule has 190 valence electrons. The van der Waals surface area contributed by atoms with E-state index >= 15 is 0 Å². The Morgan fingerprint density at radius 3 is 2.22 bits per heavy atom. The molecule has 0 spiro atoms. The zero-order valence-corrected chi connectivity index (χ0v) is 22.2. The van der Waals surface area contributed by atoms with Crippen molar-refractivity contribution < 1.29 is 13.2 Å². The molecule has 0 bridgehead atoms. The lowest BCUT2D eigenvalue weighted by Gasteiger charge is -2.15. The van der Waals surface area contributed by atoms with Gasteiger partial charge in [0.1, 0.15) is 10.9 Å². The van der Waals surface area contributed by atoms with Crippen LogP contribution in [0, 0.1) is 6.92 Å². The number of amides is 1. The van der Waals surface area contributed by atoms with Gasteiger partial charge in [0, 0.05) is 17.8 Å². The SMILES string of the molecule is CCC(Sc1cc(-c2ccccc2)nc(C)n1)C(=O)Nc1ccc(S(=O)(=O)NCc2ccccc2)cc1. The van der Waals surface area contributed by atoms with Crippen LogP contribution < -0.4 is 10.0 Å². The van der Waals surface area contributed by atoms with Crippen LogP contribution in [0.3, 0.4) is 0 Å². The maximum absolute atomic E-state index is 13.0. The Kier molecular flexibility index (Phi) is 8.70. The summed E-state index contributed by atoms with van der Waals surface area (Å²) in [4.78, 5) is 22.2. The summed E-state index contributed by atoms with van der Waals surface area (Å²) in [6.07, 6.45) is 0.593. The van der Waals surface area contributed by atoms with Crippen LogP contribution in [0.15, 0.2) is 101 Å². The Balaban J connectivity index is 1.40. The van der Waals surface area contributed by atoms with Crippen molar-refractivity contribution in [1.82, 2.24) is 14.7 Å². The molecule has 37 heavy (non-hydrogen) atoms. The largest absolute Gasteiger partial charge is 0.325 e. The van der Waals surface area contributed by atoms with Crippen molar-refractivity contribution in [3.63, 3.8) is 0 Å². The molecule has 0 fully saturated rings. The van der Waals surface area contributed by atoms with Crippen LogP contribution in [-0.4, -0.2) is 29.5 Å². The monoisotopic (exact) mass is 532 g/mol. The highest BCUT2D eigenvalue weighted by molar-refractivity contribution is 8.00. The molecule has 0 saturated carbocycles. The van der Waals surface area contributed by atoms with E-state index in [1.165, 1.54) is 23.9 Å². The first-order valence-electron chi connectivity index (χ1n) is 11.9. The predicted octanol–water partition coefficient (Wildman–Crippen LogP) is 5.44. The molecule has 9 heteroatoms. The van der Waals surface area contributed by atoms with Crippen LogP contribution >= 0.6 is 11.8 Å². The third kappa shape index (κ3) is 7.25. The first-order chi connectivity index (χ1) is 17.8. The first-order valence-corrected chi connectivity index (χ1v) is 14.2. The summed E-state index contributed by atoms with van der Waals surface area (Å²) in [6.45, 7) is 3.98. The molecule has 0 aliphatic rings. The van der Waals surface area contributed by atoms with Crippen LogP contribution in [0.5, 0.6) is 0 Å². The smallest absolute Gasteiger partial charge is 0.240 e. The lowest BCUT2D eigenvalue weighted by atomic mass is 10.1. The van der Waals surface area contributed by atoms with Crippen LogP contribution in [0.25, 0.3) is 11.3 Å². The highest BCUT2D eigenvalue weighted by atomic mass is 32.2. The summed E-state index contributed by atoms with van der Waals surface area (Å²) < 4.78 is 27.9. The van der Waals surface area contributed by atoms with Gasteiger partial charge in [-0.3, -0.25) is 4.79 Å². The normalized spacial score (nSPS) is 12.2. The molecule has 4 aromatic rings. The Morgan fingerprint density at radius 1 is 0.919 bits per heavy atom. The van der Waals surface area contributed by atoms with E-state index < -0.39 is 10.0 Å². The van der Waals surface area contributed by atoms with E-state index in [4.69, 9.17) is 0 Å². The highest BCUT2D eigenvalue weighted by Gasteiger charge is 2.20. The minimum atomic E-state index is -3.68. The zero-order valence-electron chi connectivity index (χ0n) is 20.6. The third-order valence-electron chi connectivity index (χ3n) is 5.55. The molecule has 4 rings (SSSR count). The van der Waals surface area contributed by atoms with Crippen LogP contribution in [-0.2, 0) is 21.4 Å². The summed E-state index contributed by atoms with van der Waals surface area (Å²) in [5, 5.41) is 3.23. The molecule has 0 saturated heterocycles. The molecule has 1 unspecified atom stereocenters. The average Bonchev–Trinajstić information content (AvgIpc) is 2.91. The lowest BCUT2D eigenvalue weighted by molar-refractivity contribution is -0.115. The van der Waals surface area contributed by atoms with Gasteiger partial charge in [-0.25, -0.2) is 23.1 Å². The number of hydrogen-bond acceptors (Lipinski definition) is 6. The van der Waals surface area contributed by atoms with E-state index in [0.29, 0.717) is 17.9 Å². The van der Waals surface area contributed by atoms with Gasteiger partial charge in [0.2, 0.25) is 15.9 Å². The number of nitrogens with one attached hydrogen (secondary N) is 2. The van der Waals surface area contributed by atoms with Gasteiger partial charge in [-0.05, 0) is 49.2 Å². The van der Waals surface area contributed by atoms with Gasteiger partial charge in [0.15, 0.2) is 0 Å². The second kappa shape index (κ2) is 12.1. The van der Waals surface area contributed by atoms with E-state index in [0.717, 1.165) is 21.8 Å². The highest BCUT2D eigenvalue weighted by Crippen LogP contribution is 2.28. The molecule has 2 N–H and O–H groups in total. The molecule has 1 aromatic heterocycles. The number of benzene rings is 3. The number of nitrogens with zero attached hydrogens (tertiary/aromatic N) is 2. The molecule has 0 aliphatic carbocycles. The Hall–Kier alpha value is -3.53. The number of hydrogen-bond donors (Lipinski definition) is 2. The fraction of sp³-hybridized carbons (Fsp3) is 0.179. The van der Waals surface area contributed by atoms with Crippen molar-refractivity contribution in [1.29, 1.82) is 0 Å². The van der Waals surface area contributed by atoms with Gasteiger partial charge in [-0.1, -0.05) is 79.3 Å². The summed E-state index contributed by atoms with van der Waals surface area (Å²) in [7, 11) is -3.68. The second-order valence-electron chi connectivity index (χ2n) is 8.34. The summed E-state index contributed by atoms with van der Waals surface area (Å²) in [5.41, 5.74) is 3.19. The quantitative estimate of drug-likeness (QED) is 0.208. The van der Waals surface area contributed by atoms with Crippen molar-refractivity contribution in [3.05, 3.63) is 102 Å². The van der Waals surface area contributed by atoms with E-state index in [-0.39, 0.29) is 22.6 Å². The van der Waals surface area contributed by atoms with Crippen LogP contribution in [0.1, 0.15) is 24.7 Å². The van der Waals surface area contributed by atoms with Gasteiger partial charge in [-0.2, -0.15) is 0 Å². The van der Waals surface area contributed by atoms with Crippen molar-refractivity contribution in [2.45, 2.75) is 42.0 Å². The number of sulfonamides is 1. The topological polar surface area (TPSA) is 101 Å². The molecule has 1 heterocycles. The van der Waals surface area contributed by atoms with Crippen molar-refractivity contribution in [2.75, 3.05) is 5.32 Å². The molecule has 7 nitrogen and oxygen atoms in total. The van der Waals surface area contributed by atoms with Crippen molar-refractivity contribution in [2.24, 2.45) is 0 Å². The number of rotatable bonds is 10. The molecule has 1 atom stereocenters. The minimum absolute atomic E-state index is 0.132. The molecular weight excluding hydrogens is 504 g/mol. The van der Waals surface area contributed by atoms with Gasteiger partial charge < -0.3 is 5.32 Å². The lowest BCUT2D eigenvalue weighted by Crippen LogP contribution is -2.25. The molecule has 3 aromatic carbocycles. The Morgan fingerprint density at radius 2 is 1.57 bits per heavy atom. The Bertz CT molecular complexity index is 1450.